The molecule has 0 aliphatic carbocycles. The van der Waals surface area contributed by atoms with Crippen LogP contribution >= 0.6 is 34.5 Å². The molecule has 0 amide bonds. The van der Waals surface area contributed by atoms with Crippen LogP contribution in [0.25, 0.3) is 10.2 Å². The minimum absolute atomic E-state index is 0.136. The largest absolute Gasteiger partial charge is 0.480 e. The van der Waals surface area contributed by atoms with Crippen LogP contribution in [0, 0.1) is 6.92 Å². The number of rotatable bonds is 5. The number of nitrogens with zero attached hydrogens (tertiary/aromatic N) is 2. The first kappa shape index (κ1) is 18.9. The Hall–Kier alpha value is -1.87. The van der Waals surface area contributed by atoms with Crippen molar-refractivity contribution in [2.75, 3.05) is 10.8 Å². The SMILES string of the molecule is Cc1nc2cc(N(CC(=O)O)S(=O)(=O)c3cc(Cl)cc(Cl)c3)ccc2s1. The summed E-state index contributed by atoms with van der Waals surface area (Å²) in [5, 5.41) is 10.3. The Labute approximate surface area is 163 Å². The molecule has 0 aliphatic heterocycles. The lowest BCUT2D eigenvalue weighted by Crippen LogP contribution is -2.35. The summed E-state index contributed by atoms with van der Waals surface area (Å²) in [6.45, 7) is 1.09. The number of sulfonamides is 1. The van der Waals surface area contributed by atoms with E-state index in [2.05, 4.69) is 4.98 Å². The predicted molar refractivity (Wildman–Crippen MR) is 103 cm³/mol. The number of aliphatic carboxylic acids is 1. The van der Waals surface area contributed by atoms with Gasteiger partial charge in [-0.3, -0.25) is 9.10 Å². The molecular weight excluding hydrogens is 419 g/mol. The highest BCUT2D eigenvalue weighted by Gasteiger charge is 2.28. The van der Waals surface area contributed by atoms with Crippen molar-refractivity contribution >= 4 is 66.4 Å². The number of hydrogen-bond acceptors (Lipinski definition) is 5. The van der Waals surface area contributed by atoms with Crippen LogP contribution in [0.2, 0.25) is 10.0 Å². The van der Waals surface area contributed by atoms with Crippen LogP contribution in [0.3, 0.4) is 0 Å². The van der Waals surface area contributed by atoms with Crippen molar-refractivity contribution in [1.29, 1.82) is 0 Å². The third kappa shape index (κ3) is 3.78. The zero-order valence-electron chi connectivity index (χ0n) is 13.3. The fourth-order valence-electron chi connectivity index (χ4n) is 2.43. The number of carboxylic acid groups (broad SMARTS) is 1. The highest BCUT2D eigenvalue weighted by molar-refractivity contribution is 7.92. The number of hydrogen-bond donors (Lipinski definition) is 1. The van der Waals surface area contributed by atoms with Crippen LogP contribution in [-0.4, -0.2) is 31.0 Å². The molecule has 0 aliphatic rings. The van der Waals surface area contributed by atoms with Crippen molar-refractivity contribution in [2.45, 2.75) is 11.8 Å². The monoisotopic (exact) mass is 430 g/mol. The Morgan fingerprint density at radius 3 is 2.46 bits per heavy atom. The maximum atomic E-state index is 13.0. The van der Waals surface area contributed by atoms with E-state index in [9.17, 15) is 18.3 Å². The van der Waals surface area contributed by atoms with E-state index in [1.54, 1.807) is 18.2 Å². The summed E-state index contributed by atoms with van der Waals surface area (Å²) in [7, 11) is -4.20. The van der Waals surface area contributed by atoms with Crippen molar-refractivity contribution in [1.82, 2.24) is 4.98 Å². The molecule has 0 radical (unpaired) electrons. The molecule has 136 valence electrons. The Kier molecular flexibility index (Phi) is 5.12. The van der Waals surface area contributed by atoms with Gasteiger partial charge in [-0.15, -0.1) is 11.3 Å². The number of anilines is 1. The van der Waals surface area contributed by atoms with E-state index in [0.717, 1.165) is 14.0 Å². The second-order valence-corrected chi connectivity index (χ2v) is 9.37. The van der Waals surface area contributed by atoms with Crippen LogP contribution in [0.15, 0.2) is 41.3 Å². The van der Waals surface area contributed by atoms with E-state index in [1.807, 2.05) is 6.92 Å². The second-order valence-electron chi connectivity index (χ2n) is 5.40. The Morgan fingerprint density at radius 1 is 1.19 bits per heavy atom. The maximum absolute atomic E-state index is 13.0. The van der Waals surface area contributed by atoms with Crippen LogP contribution < -0.4 is 4.31 Å². The Morgan fingerprint density at radius 2 is 1.85 bits per heavy atom. The van der Waals surface area contributed by atoms with Gasteiger partial charge in [0.05, 0.1) is 25.8 Å². The number of halogens is 2. The summed E-state index contributed by atoms with van der Waals surface area (Å²) < 4.78 is 27.8. The first-order valence-corrected chi connectivity index (χ1v) is 10.3. The van der Waals surface area contributed by atoms with Crippen LogP contribution in [-0.2, 0) is 14.8 Å². The summed E-state index contributed by atoms with van der Waals surface area (Å²) in [5.74, 6) is -1.30. The molecule has 10 heteroatoms. The molecule has 0 saturated carbocycles. The highest BCUT2D eigenvalue weighted by atomic mass is 35.5. The minimum atomic E-state index is -4.20. The fourth-order valence-corrected chi connectivity index (χ4v) is 5.37. The first-order valence-electron chi connectivity index (χ1n) is 7.24. The van der Waals surface area contributed by atoms with Gasteiger partial charge in [-0.05, 0) is 43.3 Å². The molecule has 0 unspecified atom stereocenters. The number of fused-ring (bicyclic) bond motifs is 1. The topological polar surface area (TPSA) is 87.6 Å². The molecular formula is C16H12Cl2N2O4S2. The number of carboxylic acids is 1. The Bertz CT molecular complexity index is 1090. The van der Waals surface area contributed by atoms with Gasteiger partial charge in [0.15, 0.2) is 0 Å². The summed E-state index contributed by atoms with van der Waals surface area (Å²) >= 11 is 13.3. The molecule has 26 heavy (non-hydrogen) atoms. The molecule has 3 rings (SSSR count). The third-order valence-electron chi connectivity index (χ3n) is 3.47. The molecule has 2 aromatic carbocycles. The minimum Gasteiger partial charge on any atom is -0.480 e. The zero-order chi connectivity index (χ0) is 19.1. The van der Waals surface area contributed by atoms with Crippen LogP contribution in [0.1, 0.15) is 5.01 Å². The lowest BCUT2D eigenvalue weighted by molar-refractivity contribution is -0.135. The summed E-state index contributed by atoms with van der Waals surface area (Å²) in [6, 6.07) is 8.66. The van der Waals surface area contributed by atoms with Crippen molar-refractivity contribution < 1.29 is 18.3 Å². The zero-order valence-corrected chi connectivity index (χ0v) is 16.5. The van der Waals surface area contributed by atoms with Gasteiger partial charge < -0.3 is 5.11 Å². The number of carbonyl (C=O) groups is 1. The first-order chi connectivity index (χ1) is 12.2. The van der Waals surface area contributed by atoms with Gasteiger partial charge in [0.2, 0.25) is 0 Å². The number of aromatic nitrogens is 1. The van der Waals surface area contributed by atoms with Crippen molar-refractivity contribution in [3.8, 4) is 0 Å². The van der Waals surface area contributed by atoms with Gasteiger partial charge in [-0.2, -0.15) is 0 Å². The van der Waals surface area contributed by atoms with Crippen LogP contribution in [0.5, 0.6) is 0 Å². The average molecular weight is 431 g/mol. The molecule has 0 fully saturated rings. The maximum Gasteiger partial charge on any atom is 0.324 e. The van der Waals surface area contributed by atoms with Gasteiger partial charge in [-0.25, -0.2) is 13.4 Å². The van der Waals surface area contributed by atoms with E-state index >= 15 is 0 Å². The fraction of sp³-hybridized carbons (Fsp3) is 0.125. The molecule has 0 bridgehead atoms. The summed E-state index contributed by atoms with van der Waals surface area (Å²) in [4.78, 5) is 15.4. The molecule has 6 nitrogen and oxygen atoms in total. The van der Waals surface area contributed by atoms with Crippen LogP contribution in [0.4, 0.5) is 5.69 Å². The third-order valence-corrected chi connectivity index (χ3v) is 6.61. The molecule has 0 spiro atoms. The number of benzene rings is 2. The van der Waals surface area contributed by atoms with Gasteiger partial charge in [0.25, 0.3) is 10.0 Å². The predicted octanol–water partition coefficient (Wildman–Crippen LogP) is 4.19. The van der Waals surface area contributed by atoms with Crippen molar-refractivity contribution in [3.63, 3.8) is 0 Å². The second kappa shape index (κ2) is 7.03. The van der Waals surface area contributed by atoms with E-state index in [-0.39, 0.29) is 20.6 Å². The lowest BCUT2D eigenvalue weighted by atomic mass is 10.3. The average Bonchev–Trinajstić information content (AvgIpc) is 2.90. The van der Waals surface area contributed by atoms with Gasteiger partial charge in [0, 0.05) is 10.0 Å². The summed E-state index contributed by atoms with van der Waals surface area (Å²) in [6.07, 6.45) is 0. The molecule has 1 aromatic heterocycles. The van der Waals surface area contributed by atoms with E-state index in [4.69, 9.17) is 23.2 Å². The normalized spacial score (nSPS) is 11.7. The van der Waals surface area contributed by atoms with Gasteiger partial charge in [-0.1, -0.05) is 23.2 Å². The molecule has 1 heterocycles. The van der Waals surface area contributed by atoms with E-state index in [0.29, 0.717) is 5.52 Å². The smallest absolute Gasteiger partial charge is 0.324 e. The lowest BCUT2D eigenvalue weighted by Gasteiger charge is -2.23. The molecule has 0 atom stereocenters. The molecule has 0 saturated heterocycles. The standard InChI is InChI=1S/C16H12Cl2N2O4S2/c1-9-19-14-7-12(2-3-15(14)25-9)20(8-16(21)22)26(23,24)13-5-10(17)4-11(18)6-13/h2-7H,8H2,1H3,(H,21,22). The van der Waals surface area contributed by atoms with Gasteiger partial charge >= 0.3 is 5.97 Å². The van der Waals surface area contributed by atoms with E-state index in [1.165, 1.54) is 29.5 Å². The molecule has 3 aromatic rings. The van der Waals surface area contributed by atoms with Crippen molar-refractivity contribution in [3.05, 3.63) is 51.5 Å². The highest BCUT2D eigenvalue weighted by Crippen LogP contribution is 2.31. The number of thiazole rings is 1. The Balaban J connectivity index is 2.15. The quantitative estimate of drug-likeness (QED) is 0.655. The van der Waals surface area contributed by atoms with E-state index < -0.39 is 22.5 Å². The van der Waals surface area contributed by atoms with Crippen molar-refractivity contribution in [2.24, 2.45) is 0 Å². The van der Waals surface area contributed by atoms with Gasteiger partial charge in [0.1, 0.15) is 6.54 Å². The number of aryl methyl sites for hydroxylation is 1. The molecule has 1 N–H and O–H groups in total. The summed E-state index contributed by atoms with van der Waals surface area (Å²) in [5.41, 5.74) is 0.793.